The molecular formula is H10NO8Pr+2. The van der Waals surface area contributed by atoms with Crippen molar-refractivity contribution in [1.82, 2.24) is 0 Å². The van der Waals surface area contributed by atoms with Gasteiger partial charge in [0.1, 0.15) is 0 Å². The number of nitrogens with zero attached hydrogens (tertiary/aromatic N) is 1. The molecule has 0 amide bonds. The maximum Gasteiger partial charge on any atom is 3.00 e. The molecular weight excluding hydrogens is 283 g/mol. The van der Waals surface area contributed by atoms with Crippen LogP contribution in [0.3, 0.4) is 0 Å². The van der Waals surface area contributed by atoms with Crippen molar-refractivity contribution < 1.29 is 73.8 Å². The van der Waals surface area contributed by atoms with E-state index in [0.717, 1.165) is 0 Å². The van der Waals surface area contributed by atoms with Gasteiger partial charge in [-0.1, -0.05) is 0 Å². The maximum atomic E-state index is 8.25. The third kappa shape index (κ3) is 3430. The van der Waals surface area contributed by atoms with Crippen LogP contribution < -0.4 is 0 Å². The molecule has 64 valence electrons. The summed E-state index contributed by atoms with van der Waals surface area (Å²) in [5.74, 6) is 0. The van der Waals surface area contributed by atoms with Gasteiger partial charge in [-0.3, -0.25) is 0 Å². The molecule has 9 nitrogen and oxygen atoms in total. The van der Waals surface area contributed by atoms with Crippen molar-refractivity contribution in [3.8, 4) is 0 Å². The monoisotopic (exact) mass is 293 g/mol. The minimum absolute atomic E-state index is 0. The van der Waals surface area contributed by atoms with Crippen LogP contribution in [0.1, 0.15) is 0 Å². The average Bonchev–Trinajstić information content (AvgIpc) is 0.811. The Bertz CT molecular complexity index is 32.2. The Hall–Kier alpha value is 0.364. The van der Waals surface area contributed by atoms with Gasteiger partial charge >= 0.3 is 41.3 Å². The van der Waals surface area contributed by atoms with Gasteiger partial charge < -0.3 is 42.7 Å². The molecule has 0 aliphatic carbocycles. The molecule has 10 N–H and O–H groups in total. The zero-order valence-corrected chi connectivity index (χ0v) is 8.45. The second-order valence-corrected chi connectivity index (χ2v) is 0.224. The topological polar surface area (TPSA) is 224 Å². The van der Waals surface area contributed by atoms with Crippen LogP contribution in [0.25, 0.3) is 0 Å². The van der Waals surface area contributed by atoms with Crippen LogP contribution in [0.2, 0.25) is 0 Å². The van der Waals surface area contributed by atoms with E-state index in [0.29, 0.717) is 0 Å². The summed E-state index contributed by atoms with van der Waals surface area (Å²) in [6.07, 6.45) is 0. The molecule has 0 fully saturated rings. The molecule has 0 aromatic rings. The van der Waals surface area contributed by atoms with Crippen LogP contribution in [0.15, 0.2) is 0 Å². The largest absolute Gasteiger partial charge is 3.00 e. The predicted molar refractivity (Wildman–Crippen MR) is 28.4 cm³/mol. The molecule has 0 heterocycles. The minimum atomic E-state index is -1.75. The molecule has 0 unspecified atom stereocenters. The first kappa shape index (κ1) is 80.3. The summed E-state index contributed by atoms with van der Waals surface area (Å²) in [6, 6.07) is 0. The van der Waals surface area contributed by atoms with E-state index >= 15 is 0 Å². The van der Waals surface area contributed by atoms with Crippen LogP contribution in [0.4, 0.5) is 0 Å². The Morgan fingerprint density at radius 2 is 0.800 bits per heavy atom. The molecule has 0 aromatic heterocycles. The first-order valence-electron chi connectivity index (χ1n) is 0.548. The summed E-state index contributed by atoms with van der Waals surface area (Å²) in [6.45, 7) is 0. The molecule has 0 rings (SSSR count). The SMILES string of the molecule is O.O.O.O.O.O=[N+]([O-])[O-].[Pr+3]. The minimum Gasteiger partial charge on any atom is -0.412 e. The zero-order valence-electron chi connectivity index (χ0n) is 4.75. The van der Waals surface area contributed by atoms with Crippen molar-refractivity contribution in [1.29, 1.82) is 0 Å². The Labute approximate surface area is 88.6 Å². The Kier molecular flexibility index (Phi) is 465. The third-order valence-electron chi connectivity index (χ3n) is 0. The second kappa shape index (κ2) is 57.9. The van der Waals surface area contributed by atoms with E-state index in [2.05, 4.69) is 0 Å². The fraction of sp³-hybridized carbons (Fsp3) is 0. The summed E-state index contributed by atoms with van der Waals surface area (Å²) >= 11 is 0. The van der Waals surface area contributed by atoms with Crippen molar-refractivity contribution in [2.24, 2.45) is 0 Å². The van der Waals surface area contributed by atoms with Gasteiger partial charge in [-0.25, -0.2) is 0 Å². The van der Waals surface area contributed by atoms with Crippen LogP contribution in [-0.4, -0.2) is 32.5 Å². The van der Waals surface area contributed by atoms with Gasteiger partial charge in [-0.15, -0.1) is 0 Å². The van der Waals surface area contributed by atoms with E-state index in [9.17, 15) is 0 Å². The summed E-state index contributed by atoms with van der Waals surface area (Å²) in [5.41, 5.74) is 0. The molecule has 0 aromatic carbocycles. The molecule has 0 aliphatic heterocycles. The van der Waals surface area contributed by atoms with Crippen molar-refractivity contribution >= 4 is 0 Å². The third-order valence-corrected chi connectivity index (χ3v) is 0. The van der Waals surface area contributed by atoms with Gasteiger partial charge in [-0.2, -0.15) is 0 Å². The van der Waals surface area contributed by atoms with Crippen molar-refractivity contribution in [3.05, 3.63) is 15.3 Å². The molecule has 10 heavy (non-hydrogen) atoms. The van der Waals surface area contributed by atoms with Crippen molar-refractivity contribution in [2.75, 3.05) is 0 Å². The summed E-state index contributed by atoms with van der Waals surface area (Å²) < 4.78 is 0. The van der Waals surface area contributed by atoms with Crippen LogP contribution >= 0.6 is 0 Å². The normalized spacial score (nSPS) is 2.40. The molecule has 0 spiro atoms. The van der Waals surface area contributed by atoms with Crippen LogP contribution in [0.5, 0.6) is 0 Å². The first-order valence-corrected chi connectivity index (χ1v) is 0.548. The van der Waals surface area contributed by atoms with Gasteiger partial charge in [0.25, 0.3) is 0 Å². The second-order valence-electron chi connectivity index (χ2n) is 0.224. The number of hydrogen-bond acceptors (Lipinski definition) is 3. The van der Waals surface area contributed by atoms with Gasteiger partial charge in [0.05, 0.1) is 5.09 Å². The Morgan fingerprint density at radius 3 is 0.800 bits per heavy atom. The number of rotatable bonds is 0. The van der Waals surface area contributed by atoms with E-state index in [4.69, 9.17) is 15.3 Å². The molecule has 0 saturated carbocycles. The fourth-order valence-electron chi connectivity index (χ4n) is 0. The predicted octanol–water partition coefficient (Wildman–Crippen LogP) is -4.36. The molecule has 0 radical (unpaired) electrons. The van der Waals surface area contributed by atoms with Gasteiger partial charge in [0.2, 0.25) is 0 Å². The van der Waals surface area contributed by atoms with Crippen molar-refractivity contribution in [3.63, 3.8) is 0 Å². The zero-order chi connectivity index (χ0) is 3.58. The Morgan fingerprint density at radius 1 is 0.800 bits per heavy atom. The van der Waals surface area contributed by atoms with E-state index in [1.54, 1.807) is 0 Å². The standard InChI is InChI=1S/NO3.5H2O.Pr/c2-1(3)4;;;;;;/h;5*1H2;/q-1;;;;;;+3. The smallest absolute Gasteiger partial charge is 0.412 e. The molecule has 0 bridgehead atoms. The van der Waals surface area contributed by atoms with E-state index < -0.39 is 5.09 Å². The van der Waals surface area contributed by atoms with E-state index in [1.165, 1.54) is 0 Å². The Balaban J connectivity index is -0.00000000300. The average molecular weight is 293 g/mol. The van der Waals surface area contributed by atoms with Crippen LogP contribution in [0, 0.1) is 56.6 Å². The van der Waals surface area contributed by atoms with E-state index in [1.807, 2.05) is 0 Å². The summed E-state index contributed by atoms with van der Waals surface area (Å²) in [4.78, 5) is 8.25. The van der Waals surface area contributed by atoms with E-state index in [-0.39, 0.29) is 68.7 Å². The van der Waals surface area contributed by atoms with Gasteiger partial charge in [0, 0.05) is 0 Å². The first-order chi connectivity index (χ1) is 1.73. The summed E-state index contributed by atoms with van der Waals surface area (Å²) in [7, 11) is 0. The molecule has 0 saturated heterocycles. The summed E-state index contributed by atoms with van der Waals surface area (Å²) in [5, 5.41) is 14.8. The molecule has 10 heteroatoms. The van der Waals surface area contributed by atoms with Gasteiger partial charge in [0.15, 0.2) is 0 Å². The maximum absolute atomic E-state index is 8.25. The quantitative estimate of drug-likeness (QED) is 0.319. The fourth-order valence-corrected chi connectivity index (χ4v) is 0. The molecule has 0 aliphatic rings. The van der Waals surface area contributed by atoms with Crippen LogP contribution in [-0.2, 0) is 0 Å². The van der Waals surface area contributed by atoms with Gasteiger partial charge in [-0.05, 0) is 0 Å². The number of hydrogen-bond donors (Lipinski definition) is 0. The van der Waals surface area contributed by atoms with Crippen molar-refractivity contribution in [2.45, 2.75) is 0 Å². The molecule has 0 atom stereocenters.